The minimum Gasteiger partial charge on any atom is -0.496 e. The zero-order valence-electron chi connectivity index (χ0n) is 14.6. The molecule has 0 spiro atoms. The van der Waals surface area contributed by atoms with Crippen LogP contribution in [-0.4, -0.2) is 27.0 Å². The highest BCUT2D eigenvalue weighted by atomic mass is 16.5. The number of aryl methyl sites for hydroxylation is 1. The molecule has 0 amide bonds. The van der Waals surface area contributed by atoms with E-state index in [4.69, 9.17) is 9.26 Å². The predicted molar refractivity (Wildman–Crippen MR) is 97.8 cm³/mol. The first-order chi connectivity index (χ1) is 12.7. The second kappa shape index (κ2) is 6.84. The highest BCUT2D eigenvalue weighted by Gasteiger charge is 2.09. The van der Waals surface area contributed by atoms with Gasteiger partial charge in [-0.2, -0.15) is 10.1 Å². The van der Waals surface area contributed by atoms with E-state index in [1.165, 1.54) is 0 Å². The fourth-order valence-corrected chi connectivity index (χ4v) is 2.88. The normalized spacial score (nSPS) is 10.8. The summed E-state index contributed by atoms with van der Waals surface area (Å²) in [7, 11) is 1.68. The number of para-hydroxylation sites is 1. The Bertz CT molecular complexity index is 1040. The van der Waals surface area contributed by atoms with Crippen LogP contribution in [-0.2, 0) is 6.54 Å². The van der Waals surface area contributed by atoms with E-state index in [0.29, 0.717) is 18.3 Å². The van der Waals surface area contributed by atoms with Gasteiger partial charge in [0.1, 0.15) is 12.3 Å². The Hall–Kier alpha value is -3.41. The van der Waals surface area contributed by atoms with Crippen LogP contribution in [0.5, 0.6) is 5.75 Å². The lowest BCUT2D eigenvalue weighted by molar-refractivity contribution is 0.385. The summed E-state index contributed by atoms with van der Waals surface area (Å²) in [6.07, 6.45) is 1.91. The maximum Gasteiger partial charge on any atom is 0.223 e. The van der Waals surface area contributed by atoms with Crippen LogP contribution in [0.15, 0.2) is 65.3 Å². The molecule has 0 radical (unpaired) electrons. The molecule has 0 aliphatic carbocycles. The standard InChI is InChI=1S/C20H18N4O2/c1-14-21-20(23-26-14)13-24-11-10-18(22-24)16-7-5-6-15(12-16)17-8-3-4-9-19(17)25-2/h3-12H,13H2,1-2H3. The van der Waals surface area contributed by atoms with Crippen molar-refractivity contribution < 1.29 is 9.26 Å². The lowest BCUT2D eigenvalue weighted by Gasteiger charge is -2.09. The van der Waals surface area contributed by atoms with Gasteiger partial charge in [-0.3, -0.25) is 4.68 Å². The molecule has 0 unspecified atom stereocenters. The van der Waals surface area contributed by atoms with Crippen LogP contribution < -0.4 is 4.74 Å². The van der Waals surface area contributed by atoms with E-state index in [2.05, 4.69) is 33.4 Å². The van der Waals surface area contributed by atoms with Gasteiger partial charge in [-0.15, -0.1) is 0 Å². The third kappa shape index (κ3) is 3.21. The molecule has 0 N–H and O–H groups in total. The number of rotatable bonds is 5. The first kappa shape index (κ1) is 16.1. The molecule has 6 heteroatoms. The number of methoxy groups -OCH3 is 1. The Balaban J connectivity index is 1.63. The van der Waals surface area contributed by atoms with Gasteiger partial charge >= 0.3 is 0 Å². The molecule has 2 aromatic heterocycles. The first-order valence-corrected chi connectivity index (χ1v) is 8.29. The number of nitrogens with zero attached hydrogens (tertiary/aromatic N) is 4. The largest absolute Gasteiger partial charge is 0.496 e. The lowest BCUT2D eigenvalue weighted by atomic mass is 10.0. The van der Waals surface area contributed by atoms with E-state index >= 15 is 0 Å². The Morgan fingerprint density at radius 1 is 1.04 bits per heavy atom. The van der Waals surface area contributed by atoms with Gasteiger partial charge in [-0.05, 0) is 23.8 Å². The smallest absolute Gasteiger partial charge is 0.223 e. The Morgan fingerprint density at radius 2 is 1.88 bits per heavy atom. The first-order valence-electron chi connectivity index (χ1n) is 8.29. The fraction of sp³-hybridized carbons (Fsp3) is 0.150. The maximum atomic E-state index is 5.48. The third-order valence-corrected chi connectivity index (χ3v) is 4.09. The zero-order chi connectivity index (χ0) is 17.9. The van der Waals surface area contributed by atoms with Crippen molar-refractivity contribution in [3.8, 4) is 28.1 Å². The highest BCUT2D eigenvalue weighted by Crippen LogP contribution is 2.31. The maximum absolute atomic E-state index is 5.48. The molecule has 0 aliphatic heterocycles. The van der Waals surface area contributed by atoms with Crippen LogP contribution in [0.25, 0.3) is 22.4 Å². The van der Waals surface area contributed by atoms with E-state index < -0.39 is 0 Å². The number of ether oxygens (including phenoxy) is 1. The third-order valence-electron chi connectivity index (χ3n) is 4.09. The van der Waals surface area contributed by atoms with E-state index in [1.807, 2.05) is 42.6 Å². The van der Waals surface area contributed by atoms with E-state index in [0.717, 1.165) is 28.1 Å². The zero-order valence-corrected chi connectivity index (χ0v) is 14.6. The Labute approximate surface area is 151 Å². The van der Waals surface area contributed by atoms with E-state index in [9.17, 15) is 0 Å². The van der Waals surface area contributed by atoms with Gasteiger partial charge in [-0.25, -0.2) is 0 Å². The summed E-state index contributed by atoms with van der Waals surface area (Å²) >= 11 is 0. The number of aromatic nitrogens is 4. The fourth-order valence-electron chi connectivity index (χ4n) is 2.88. The van der Waals surface area contributed by atoms with Crippen molar-refractivity contribution in [2.75, 3.05) is 7.11 Å². The summed E-state index contributed by atoms with van der Waals surface area (Å²) in [4.78, 5) is 4.21. The SMILES string of the molecule is COc1ccccc1-c1cccc(-c2ccn(Cc3noc(C)n3)n2)c1. The molecular formula is C20H18N4O2. The van der Waals surface area contributed by atoms with Crippen molar-refractivity contribution in [2.45, 2.75) is 13.5 Å². The van der Waals surface area contributed by atoms with Crippen LogP contribution in [0.2, 0.25) is 0 Å². The molecule has 130 valence electrons. The minimum absolute atomic E-state index is 0.476. The van der Waals surface area contributed by atoms with Crippen molar-refractivity contribution in [1.82, 2.24) is 19.9 Å². The summed E-state index contributed by atoms with van der Waals surface area (Å²) in [6.45, 7) is 2.25. The van der Waals surface area contributed by atoms with Gasteiger partial charge in [-0.1, -0.05) is 41.6 Å². The Kier molecular flexibility index (Phi) is 4.23. The molecule has 4 rings (SSSR count). The van der Waals surface area contributed by atoms with Crippen LogP contribution in [0.4, 0.5) is 0 Å². The molecule has 0 saturated heterocycles. The number of benzene rings is 2. The van der Waals surface area contributed by atoms with Crippen LogP contribution in [0, 0.1) is 6.92 Å². The average molecular weight is 346 g/mol. The van der Waals surface area contributed by atoms with Crippen LogP contribution in [0.1, 0.15) is 11.7 Å². The molecule has 0 bridgehead atoms. The quantitative estimate of drug-likeness (QED) is 0.547. The van der Waals surface area contributed by atoms with Crippen molar-refractivity contribution in [3.05, 3.63) is 72.5 Å². The second-order valence-electron chi connectivity index (χ2n) is 5.91. The van der Waals surface area contributed by atoms with Crippen LogP contribution >= 0.6 is 0 Å². The summed E-state index contributed by atoms with van der Waals surface area (Å²) in [5.74, 6) is 2.01. The predicted octanol–water partition coefficient (Wildman–Crippen LogP) is 3.97. The van der Waals surface area contributed by atoms with Gasteiger partial charge in [0.05, 0.1) is 12.8 Å². The molecular weight excluding hydrogens is 328 g/mol. The van der Waals surface area contributed by atoms with E-state index in [1.54, 1.807) is 18.7 Å². The molecule has 0 aliphatic rings. The highest BCUT2D eigenvalue weighted by molar-refractivity contribution is 5.75. The average Bonchev–Trinajstić information content (AvgIpc) is 3.31. The molecule has 2 aromatic carbocycles. The van der Waals surface area contributed by atoms with Gasteiger partial charge in [0.25, 0.3) is 0 Å². The summed E-state index contributed by atoms with van der Waals surface area (Å²) in [5, 5.41) is 8.53. The molecule has 26 heavy (non-hydrogen) atoms. The number of hydrogen-bond acceptors (Lipinski definition) is 5. The minimum atomic E-state index is 0.476. The summed E-state index contributed by atoms with van der Waals surface area (Å²) < 4.78 is 12.3. The van der Waals surface area contributed by atoms with Gasteiger partial charge in [0.15, 0.2) is 5.82 Å². The molecule has 6 nitrogen and oxygen atoms in total. The van der Waals surface area contributed by atoms with Crippen LogP contribution in [0.3, 0.4) is 0 Å². The Morgan fingerprint density at radius 3 is 2.69 bits per heavy atom. The molecule has 2 heterocycles. The number of hydrogen-bond donors (Lipinski definition) is 0. The second-order valence-corrected chi connectivity index (χ2v) is 5.91. The van der Waals surface area contributed by atoms with Crippen molar-refractivity contribution in [3.63, 3.8) is 0 Å². The summed E-state index contributed by atoms with van der Waals surface area (Å²) in [6, 6.07) is 18.2. The molecule has 0 saturated carbocycles. The molecule has 0 atom stereocenters. The van der Waals surface area contributed by atoms with Crippen molar-refractivity contribution in [1.29, 1.82) is 0 Å². The molecule has 0 fully saturated rings. The summed E-state index contributed by atoms with van der Waals surface area (Å²) in [5.41, 5.74) is 4.07. The lowest BCUT2D eigenvalue weighted by Crippen LogP contribution is -2.02. The van der Waals surface area contributed by atoms with Gasteiger partial charge in [0.2, 0.25) is 5.89 Å². The van der Waals surface area contributed by atoms with Gasteiger partial charge in [0, 0.05) is 24.2 Å². The topological polar surface area (TPSA) is 66.0 Å². The van der Waals surface area contributed by atoms with Gasteiger partial charge < -0.3 is 9.26 Å². The molecule has 4 aromatic rings. The van der Waals surface area contributed by atoms with Crippen molar-refractivity contribution >= 4 is 0 Å². The van der Waals surface area contributed by atoms with Crippen molar-refractivity contribution in [2.24, 2.45) is 0 Å². The monoisotopic (exact) mass is 346 g/mol. The van der Waals surface area contributed by atoms with E-state index in [-0.39, 0.29) is 0 Å².